The third-order valence-electron chi connectivity index (χ3n) is 4.10. The van der Waals surface area contributed by atoms with Gasteiger partial charge >= 0.3 is 0 Å². The van der Waals surface area contributed by atoms with Crippen LogP contribution in [0.1, 0.15) is 58.3 Å². The van der Waals surface area contributed by atoms with Crippen molar-refractivity contribution in [2.45, 2.75) is 70.4 Å². The maximum atomic E-state index is 12.3. The van der Waals surface area contributed by atoms with E-state index in [0.717, 1.165) is 32.4 Å². The van der Waals surface area contributed by atoms with Crippen molar-refractivity contribution in [3.8, 4) is 0 Å². The third kappa shape index (κ3) is 3.44. The van der Waals surface area contributed by atoms with Gasteiger partial charge < -0.3 is 9.64 Å². The zero-order valence-corrected chi connectivity index (χ0v) is 11.0. The van der Waals surface area contributed by atoms with E-state index < -0.39 is 0 Å². The molecule has 2 aliphatic heterocycles. The minimum Gasteiger partial charge on any atom is -0.378 e. The lowest BCUT2D eigenvalue weighted by Gasteiger charge is -2.36. The van der Waals surface area contributed by atoms with Crippen LogP contribution in [-0.2, 0) is 9.53 Å². The van der Waals surface area contributed by atoms with Gasteiger partial charge in [0.25, 0.3) is 0 Å². The van der Waals surface area contributed by atoms with Crippen LogP contribution in [0.15, 0.2) is 0 Å². The lowest BCUT2D eigenvalue weighted by molar-refractivity contribution is -0.138. The first-order chi connectivity index (χ1) is 8.31. The summed E-state index contributed by atoms with van der Waals surface area (Å²) in [5.41, 5.74) is 0. The lowest BCUT2D eigenvalue weighted by Crippen LogP contribution is -2.44. The van der Waals surface area contributed by atoms with E-state index in [1.807, 2.05) is 0 Å². The van der Waals surface area contributed by atoms with Crippen LogP contribution in [0.5, 0.6) is 0 Å². The highest BCUT2D eigenvalue weighted by molar-refractivity contribution is 5.77. The van der Waals surface area contributed by atoms with E-state index in [1.165, 1.54) is 25.7 Å². The first-order valence-electron chi connectivity index (χ1n) is 7.22. The van der Waals surface area contributed by atoms with E-state index in [1.54, 1.807) is 0 Å². The molecule has 0 saturated carbocycles. The van der Waals surface area contributed by atoms with Crippen molar-refractivity contribution >= 4 is 5.91 Å². The first-order valence-corrected chi connectivity index (χ1v) is 7.22. The molecule has 0 N–H and O–H groups in total. The molecular formula is C14H25NO2. The van der Waals surface area contributed by atoms with E-state index in [2.05, 4.69) is 11.8 Å². The molecule has 2 aliphatic rings. The van der Waals surface area contributed by atoms with Gasteiger partial charge in [-0.15, -0.1) is 0 Å². The molecule has 17 heavy (non-hydrogen) atoms. The second kappa shape index (κ2) is 6.39. The monoisotopic (exact) mass is 239 g/mol. The summed E-state index contributed by atoms with van der Waals surface area (Å²) in [5, 5.41) is 0. The molecule has 0 aromatic heterocycles. The summed E-state index contributed by atoms with van der Waals surface area (Å²) in [5.74, 6) is 0.323. The molecule has 98 valence electrons. The van der Waals surface area contributed by atoms with Gasteiger partial charge in [0.15, 0.2) is 0 Å². The number of rotatable bonds is 3. The summed E-state index contributed by atoms with van der Waals surface area (Å²) in [7, 11) is 0. The Bertz CT molecular complexity index is 249. The lowest BCUT2D eigenvalue weighted by atomic mass is 9.98. The quantitative estimate of drug-likeness (QED) is 0.758. The SMILES string of the molecule is CCC1CCCCN1C(=O)CC1CCCCO1. The van der Waals surface area contributed by atoms with Gasteiger partial charge in [-0.3, -0.25) is 4.79 Å². The predicted octanol–water partition coefficient (Wildman–Crippen LogP) is 2.74. The van der Waals surface area contributed by atoms with Crippen LogP contribution in [-0.4, -0.2) is 36.1 Å². The fourth-order valence-corrected chi connectivity index (χ4v) is 3.03. The highest BCUT2D eigenvalue weighted by Crippen LogP contribution is 2.23. The molecule has 2 atom stereocenters. The van der Waals surface area contributed by atoms with Gasteiger partial charge in [-0.1, -0.05) is 6.92 Å². The number of piperidine rings is 1. The molecule has 2 unspecified atom stereocenters. The topological polar surface area (TPSA) is 29.5 Å². The van der Waals surface area contributed by atoms with Crippen LogP contribution in [0.4, 0.5) is 0 Å². The number of ether oxygens (including phenoxy) is 1. The van der Waals surface area contributed by atoms with Gasteiger partial charge in [-0.25, -0.2) is 0 Å². The number of nitrogens with zero attached hydrogens (tertiary/aromatic N) is 1. The van der Waals surface area contributed by atoms with E-state index in [9.17, 15) is 4.79 Å². The minimum absolute atomic E-state index is 0.190. The van der Waals surface area contributed by atoms with E-state index in [-0.39, 0.29) is 6.10 Å². The second-order valence-electron chi connectivity index (χ2n) is 5.34. The van der Waals surface area contributed by atoms with E-state index >= 15 is 0 Å². The molecule has 3 heteroatoms. The van der Waals surface area contributed by atoms with Crippen LogP contribution in [0, 0.1) is 0 Å². The highest BCUT2D eigenvalue weighted by atomic mass is 16.5. The Hall–Kier alpha value is -0.570. The summed E-state index contributed by atoms with van der Waals surface area (Å²) in [6.45, 7) is 3.99. The molecular weight excluding hydrogens is 214 g/mol. The van der Waals surface area contributed by atoms with Crippen molar-refractivity contribution in [3.05, 3.63) is 0 Å². The van der Waals surface area contributed by atoms with Crippen molar-refractivity contribution in [1.82, 2.24) is 4.90 Å². The average Bonchev–Trinajstić information content (AvgIpc) is 2.40. The Balaban J connectivity index is 1.84. The Labute approximate surface area is 105 Å². The number of hydrogen-bond donors (Lipinski definition) is 0. The Morgan fingerprint density at radius 1 is 1.24 bits per heavy atom. The summed E-state index contributed by atoms with van der Waals surface area (Å²) in [6, 6.07) is 0.486. The molecule has 0 aromatic rings. The normalized spacial score (nSPS) is 30.3. The number of carbonyl (C=O) groups excluding carboxylic acids is 1. The summed E-state index contributed by atoms with van der Waals surface area (Å²) in [4.78, 5) is 14.4. The van der Waals surface area contributed by atoms with Crippen LogP contribution in [0.2, 0.25) is 0 Å². The highest BCUT2D eigenvalue weighted by Gasteiger charge is 2.27. The Morgan fingerprint density at radius 2 is 2.06 bits per heavy atom. The molecule has 0 aliphatic carbocycles. The summed E-state index contributed by atoms with van der Waals surface area (Å²) < 4.78 is 5.66. The number of carbonyl (C=O) groups is 1. The number of hydrogen-bond acceptors (Lipinski definition) is 2. The summed E-state index contributed by atoms with van der Waals surface area (Å²) in [6.07, 6.45) is 8.98. The fourth-order valence-electron chi connectivity index (χ4n) is 3.03. The van der Waals surface area contributed by atoms with Crippen molar-refractivity contribution in [3.63, 3.8) is 0 Å². The van der Waals surface area contributed by atoms with Gasteiger partial charge in [-0.2, -0.15) is 0 Å². The van der Waals surface area contributed by atoms with Crippen molar-refractivity contribution in [1.29, 1.82) is 0 Å². The van der Waals surface area contributed by atoms with Crippen LogP contribution >= 0.6 is 0 Å². The van der Waals surface area contributed by atoms with E-state index in [4.69, 9.17) is 4.74 Å². The molecule has 2 rings (SSSR count). The third-order valence-corrected chi connectivity index (χ3v) is 4.10. The van der Waals surface area contributed by atoms with Crippen molar-refractivity contribution in [2.24, 2.45) is 0 Å². The van der Waals surface area contributed by atoms with Crippen molar-refractivity contribution in [2.75, 3.05) is 13.2 Å². The predicted molar refractivity (Wildman–Crippen MR) is 67.9 cm³/mol. The first kappa shape index (κ1) is 12.9. The maximum absolute atomic E-state index is 12.3. The standard InChI is InChI=1S/C14H25NO2/c1-2-12-7-3-5-9-15(12)14(16)11-13-8-4-6-10-17-13/h12-13H,2-11H2,1H3. The molecule has 2 fully saturated rings. The maximum Gasteiger partial charge on any atom is 0.225 e. The minimum atomic E-state index is 0.190. The van der Waals surface area contributed by atoms with Gasteiger partial charge in [0.1, 0.15) is 0 Å². The van der Waals surface area contributed by atoms with Gasteiger partial charge in [0.2, 0.25) is 5.91 Å². The molecule has 0 bridgehead atoms. The molecule has 0 spiro atoms. The molecule has 2 heterocycles. The van der Waals surface area contributed by atoms with Crippen LogP contribution < -0.4 is 0 Å². The molecule has 3 nitrogen and oxygen atoms in total. The van der Waals surface area contributed by atoms with Gasteiger partial charge in [0, 0.05) is 19.2 Å². The molecule has 1 amide bonds. The smallest absolute Gasteiger partial charge is 0.225 e. The molecule has 0 aromatic carbocycles. The fraction of sp³-hybridized carbons (Fsp3) is 0.929. The molecule has 2 saturated heterocycles. The largest absolute Gasteiger partial charge is 0.378 e. The van der Waals surface area contributed by atoms with Crippen LogP contribution in [0.3, 0.4) is 0 Å². The van der Waals surface area contributed by atoms with Gasteiger partial charge in [-0.05, 0) is 44.9 Å². The zero-order valence-electron chi connectivity index (χ0n) is 11.0. The van der Waals surface area contributed by atoms with Gasteiger partial charge in [0.05, 0.1) is 12.5 Å². The van der Waals surface area contributed by atoms with E-state index in [0.29, 0.717) is 18.4 Å². The summed E-state index contributed by atoms with van der Waals surface area (Å²) >= 11 is 0. The second-order valence-corrected chi connectivity index (χ2v) is 5.34. The average molecular weight is 239 g/mol. The zero-order chi connectivity index (χ0) is 12.1. The molecule has 0 radical (unpaired) electrons. The Morgan fingerprint density at radius 3 is 2.76 bits per heavy atom. The number of amides is 1. The van der Waals surface area contributed by atoms with Crippen LogP contribution in [0.25, 0.3) is 0 Å². The Kier molecular flexibility index (Phi) is 4.84. The number of likely N-dealkylation sites (tertiary alicyclic amines) is 1. The van der Waals surface area contributed by atoms with Crippen molar-refractivity contribution < 1.29 is 9.53 Å².